The van der Waals surface area contributed by atoms with Gasteiger partial charge in [0.15, 0.2) is 5.82 Å². The molecule has 2 atom stereocenters. The van der Waals surface area contributed by atoms with Crippen molar-refractivity contribution in [3.05, 3.63) is 69.3 Å². The number of hydrogen-bond acceptors (Lipinski definition) is 4. The van der Waals surface area contributed by atoms with Crippen LogP contribution >= 0.6 is 23.2 Å². The zero-order chi connectivity index (χ0) is 21.2. The Balaban J connectivity index is 1.70. The minimum Gasteiger partial charge on any atom is -0.314 e. The maximum absolute atomic E-state index is 13.5. The largest absolute Gasteiger partial charge is 0.314 e. The van der Waals surface area contributed by atoms with Gasteiger partial charge in [-0.2, -0.15) is 0 Å². The Kier molecular flexibility index (Phi) is 4.17. The standard InChI is InChI=1S/C21H17Cl2N5O2/c1-11(12-3-5-13(22)6-4-12)28-19-18(25-26-28)21(10-17(29)24-19)15-9-14(23)7-8-16(15)27(2)20(21)30/h3-9,11H,10H2,1-2H3,(H,24,29)/t11?,21-/m1/s1. The average Bonchev–Trinajstić information content (AvgIpc) is 3.23. The molecule has 30 heavy (non-hydrogen) atoms. The number of likely N-dealkylation sites (N-methyl/N-ethyl adjacent to an activating group) is 1. The van der Waals surface area contributed by atoms with Gasteiger partial charge in [0.2, 0.25) is 11.8 Å². The van der Waals surface area contributed by atoms with Crippen LogP contribution in [0.4, 0.5) is 11.5 Å². The first-order valence-corrected chi connectivity index (χ1v) is 10.2. The normalized spacial score (nSPS) is 20.9. The van der Waals surface area contributed by atoms with Crippen molar-refractivity contribution in [3.63, 3.8) is 0 Å². The molecule has 0 radical (unpaired) electrons. The van der Waals surface area contributed by atoms with Gasteiger partial charge >= 0.3 is 0 Å². The van der Waals surface area contributed by atoms with Crippen LogP contribution in [-0.2, 0) is 15.0 Å². The zero-order valence-electron chi connectivity index (χ0n) is 16.2. The molecular weight excluding hydrogens is 425 g/mol. The summed E-state index contributed by atoms with van der Waals surface area (Å²) in [5.74, 6) is -0.0748. The predicted octanol–water partition coefficient (Wildman–Crippen LogP) is 3.80. The molecule has 3 heterocycles. The highest BCUT2D eigenvalue weighted by Crippen LogP contribution is 2.51. The third-order valence-corrected chi connectivity index (χ3v) is 6.44. The van der Waals surface area contributed by atoms with E-state index in [2.05, 4.69) is 15.6 Å². The highest BCUT2D eigenvalue weighted by atomic mass is 35.5. The Morgan fingerprint density at radius 3 is 2.53 bits per heavy atom. The smallest absolute Gasteiger partial charge is 0.244 e. The topological polar surface area (TPSA) is 80.1 Å². The lowest BCUT2D eigenvalue weighted by Crippen LogP contribution is -2.46. The fourth-order valence-corrected chi connectivity index (χ4v) is 4.70. The average molecular weight is 442 g/mol. The number of anilines is 2. The van der Waals surface area contributed by atoms with Crippen LogP contribution in [0.3, 0.4) is 0 Å². The van der Waals surface area contributed by atoms with E-state index < -0.39 is 5.41 Å². The summed E-state index contributed by atoms with van der Waals surface area (Å²) in [5.41, 5.74) is 1.51. The molecule has 1 N–H and O–H groups in total. The Bertz CT molecular complexity index is 1210. The Hall–Kier alpha value is -2.90. The summed E-state index contributed by atoms with van der Waals surface area (Å²) in [5, 5.41) is 12.7. The van der Waals surface area contributed by atoms with Crippen LogP contribution in [0.5, 0.6) is 0 Å². The van der Waals surface area contributed by atoms with Gasteiger partial charge in [-0.1, -0.05) is 40.5 Å². The highest BCUT2D eigenvalue weighted by molar-refractivity contribution is 6.31. The molecule has 0 aliphatic carbocycles. The number of halogens is 2. The molecule has 1 unspecified atom stereocenters. The van der Waals surface area contributed by atoms with Crippen molar-refractivity contribution < 1.29 is 9.59 Å². The van der Waals surface area contributed by atoms with E-state index in [1.807, 2.05) is 19.1 Å². The summed E-state index contributed by atoms with van der Waals surface area (Å²) in [4.78, 5) is 27.8. The molecule has 7 nitrogen and oxygen atoms in total. The molecule has 9 heteroatoms. The molecule has 2 amide bonds. The number of carbonyl (C=O) groups excluding carboxylic acids is 2. The third-order valence-electron chi connectivity index (χ3n) is 5.95. The van der Waals surface area contributed by atoms with Gasteiger partial charge in [0.05, 0.1) is 12.5 Å². The minimum absolute atomic E-state index is 0.0511. The van der Waals surface area contributed by atoms with Crippen molar-refractivity contribution >= 4 is 46.5 Å². The molecule has 5 rings (SSSR count). The van der Waals surface area contributed by atoms with Gasteiger partial charge in [-0.3, -0.25) is 9.59 Å². The number of amides is 2. The van der Waals surface area contributed by atoms with E-state index in [-0.39, 0.29) is 24.3 Å². The third kappa shape index (κ3) is 2.52. The molecule has 3 aromatic rings. The molecule has 2 aromatic carbocycles. The number of aromatic nitrogens is 3. The summed E-state index contributed by atoms with van der Waals surface area (Å²) in [6.45, 7) is 1.94. The van der Waals surface area contributed by atoms with Crippen molar-refractivity contribution in [2.75, 3.05) is 17.3 Å². The zero-order valence-corrected chi connectivity index (χ0v) is 17.7. The first kappa shape index (κ1) is 19.1. The monoisotopic (exact) mass is 441 g/mol. The number of rotatable bonds is 2. The highest BCUT2D eigenvalue weighted by Gasteiger charge is 2.57. The fraction of sp³-hybridized carbons (Fsp3) is 0.238. The van der Waals surface area contributed by atoms with Crippen LogP contribution in [0.1, 0.15) is 36.2 Å². The van der Waals surface area contributed by atoms with Crippen LogP contribution < -0.4 is 10.2 Å². The Labute approximate surface area is 182 Å². The molecule has 152 valence electrons. The molecule has 1 spiro atoms. The summed E-state index contributed by atoms with van der Waals surface area (Å²) >= 11 is 12.3. The van der Waals surface area contributed by atoms with Crippen LogP contribution in [0, 0.1) is 0 Å². The molecule has 1 aromatic heterocycles. The fourth-order valence-electron chi connectivity index (χ4n) is 4.41. The number of carbonyl (C=O) groups is 2. The second kappa shape index (κ2) is 6.55. The van der Waals surface area contributed by atoms with E-state index in [0.717, 1.165) is 5.56 Å². The summed E-state index contributed by atoms with van der Waals surface area (Å²) in [7, 11) is 1.69. The summed E-state index contributed by atoms with van der Waals surface area (Å²) < 4.78 is 1.63. The maximum Gasteiger partial charge on any atom is 0.244 e. The maximum atomic E-state index is 13.5. The second-order valence-electron chi connectivity index (χ2n) is 7.61. The van der Waals surface area contributed by atoms with Crippen molar-refractivity contribution in [2.45, 2.75) is 24.8 Å². The van der Waals surface area contributed by atoms with E-state index in [9.17, 15) is 9.59 Å². The van der Waals surface area contributed by atoms with Crippen molar-refractivity contribution in [2.24, 2.45) is 0 Å². The van der Waals surface area contributed by atoms with Gasteiger partial charge in [0.25, 0.3) is 0 Å². The van der Waals surface area contributed by atoms with Crippen LogP contribution in [0.25, 0.3) is 0 Å². The van der Waals surface area contributed by atoms with E-state index in [0.29, 0.717) is 32.8 Å². The predicted molar refractivity (Wildman–Crippen MR) is 114 cm³/mol. The van der Waals surface area contributed by atoms with Crippen LogP contribution in [0.15, 0.2) is 42.5 Å². The quantitative estimate of drug-likeness (QED) is 0.655. The summed E-state index contributed by atoms with van der Waals surface area (Å²) in [6, 6.07) is 12.4. The van der Waals surface area contributed by atoms with Gasteiger partial charge in [-0.25, -0.2) is 4.68 Å². The minimum atomic E-state index is -1.25. The molecule has 2 aliphatic rings. The number of benzene rings is 2. The molecule has 0 saturated heterocycles. The van der Waals surface area contributed by atoms with Crippen molar-refractivity contribution in [3.8, 4) is 0 Å². The number of hydrogen-bond donors (Lipinski definition) is 1. The van der Waals surface area contributed by atoms with Crippen molar-refractivity contribution in [1.29, 1.82) is 0 Å². The Morgan fingerprint density at radius 2 is 1.80 bits per heavy atom. The lowest BCUT2D eigenvalue weighted by Gasteiger charge is -2.31. The number of fused-ring (bicyclic) bond motifs is 4. The molecule has 0 bridgehead atoms. The van der Waals surface area contributed by atoms with E-state index in [4.69, 9.17) is 23.2 Å². The van der Waals surface area contributed by atoms with Gasteiger partial charge in [-0.05, 0) is 48.4 Å². The van der Waals surface area contributed by atoms with Gasteiger partial charge in [0, 0.05) is 22.8 Å². The van der Waals surface area contributed by atoms with E-state index in [1.165, 1.54) is 0 Å². The van der Waals surface area contributed by atoms with Crippen LogP contribution in [0.2, 0.25) is 10.0 Å². The first-order chi connectivity index (χ1) is 14.3. The number of nitrogens with zero attached hydrogens (tertiary/aromatic N) is 4. The van der Waals surface area contributed by atoms with E-state index in [1.54, 1.807) is 47.0 Å². The SMILES string of the molecule is CC(c1ccc(Cl)cc1)n1nnc2c1NC(=O)C[C@]21C(=O)N(C)c2ccc(Cl)cc21. The van der Waals surface area contributed by atoms with Gasteiger partial charge < -0.3 is 10.2 Å². The van der Waals surface area contributed by atoms with Crippen LogP contribution in [-0.4, -0.2) is 33.9 Å². The second-order valence-corrected chi connectivity index (χ2v) is 8.49. The molecule has 0 saturated carbocycles. The molecule has 0 fully saturated rings. The first-order valence-electron chi connectivity index (χ1n) is 9.42. The lowest BCUT2D eigenvalue weighted by atomic mass is 9.73. The number of nitrogens with one attached hydrogen (secondary N) is 1. The van der Waals surface area contributed by atoms with Crippen molar-refractivity contribution in [1.82, 2.24) is 15.0 Å². The lowest BCUT2D eigenvalue weighted by molar-refractivity contribution is -0.126. The summed E-state index contributed by atoms with van der Waals surface area (Å²) in [6.07, 6.45) is -0.0511. The molecular formula is C21H17Cl2N5O2. The molecule has 2 aliphatic heterocycles. The van der Waals surface area contributed by atoms with Gasteiger partial charge in [-0.15, -0.1) is 5.10 Å². The Morgan fingerprint density at radius 1 is 1.10 bits per heavy atom. The van der Waals surface area contributed by atoms with E-state index >= 15 is 0 Å². The van der Waals surface area contributed by atoms with Gasteiger partial charge in [0.1, 0.15) is 11.1 Å².